The van der Waals surface area contributed by atoms with E-state index in [1.807, 2.05) is 0 Å². The van der Waals surface area contributed by atoms with Gasteiger partial charge in [-0.05, 0) is 25.1 Å². The first-order valence-electron chi connectivity index (χ1n) is 5.90. The summed E-state index contributed by atoms with van der Waals surface area (Å²) in [7, 11) is 0. The number of nitrogens with two attached hydrogens (primary N) is 1. The lowest BCUT2D eigenvalue weighted by Crippen LogP contribution is -2.57. The lowest BCUT2D eigenvalue weighted by atomic mass is 10.2. The molecule has 1 aromatic carbocycles. The molecule has 7 nitrogen and oxygen atoms in total. The number of H-pyrrole nitrogens is 1. The van der Waals surface area contributed by atoms with E-state index in [-0.39, 0.29) is 18.4 Å². The number of carbonyl (C=O) groups excluding carboxylic acids is 2. The van der Waals surface area contributed by atoms with Gasteiger partial charge in [0.2, 0.25) is 17.8 Å². The summed E-state index contributed by atoms with van der Waals surface area (Å²) in [6.07, 6.45) is 0. The number of hydrogen-bond acceptors (Lipinski definition) is 5. The largest absolute Gasteiger partial charge is 0.399 e. The highest BCUT2D eigenvalue weighted by molar-refractivity contribution is 6.04. The minimum Gasteiger partial charge on any atom is -0.399 e. The molecule has 19 heavy (non-hydrogen) atoms. The van der Waals surface area contributed by atoms with E-state index in [1.165, 1.54) is 0 Å². The van der Waals surface area contributed by atoms with Crippen molar-refractivity contribution in [1.82, 2.24) is 15.3 Å². The van der Waals surface area contributed by atoms with E-state index in [0.717, 1.165) is 11.0 Å². The highest BCUT2D eigenvalue weighted by atomic mass is 16.2. The molecule has 98 valence electrons. The molecule has 1 aliphatic heterocycles. The van der Waals surface area contributed by atoms with Crippen LogP contribution < -0.4 is 16.0 Å². The van der Waals surface area contributed by atoms with Crippen molar-refractivity contribution < 1.29 is 9.59 Å². The van der Waals surface area contributed by atoms with Crippen LogP contribution in [-0.2, 0) is 9.59 Å². The van der Waals surface area contributed by atoms with E-state index >= 15 is 0 Å². The number of hydrogen-bond donors (Lipinski definition) is 3. The lowest BCUT2D eigenvalue weighted by molar-refractivity contribution is -0.132. The maximum Gasteiger partial charge on any atom is 0.249 e. The third-order valence-electron chi connectivity index (χ3n) is 3.19. The Morgan fingerprint density at radius 3 is 3.00 bits per heavy atom. The summed E-state index contributed by atoms with van der Waals surface area (Å²) in [5, 5.41) is 2.29. The Morgan fingerprint density at radius 2 is 2.21 bits per heavy atom. The molecule has 0 bridgehead atoms. The second-order valence-electron chi connectivity index (χ2n) is 4.55. The Labute approximate surface area is 108 Å². The van der Waals surface area contributed by atoms with Crippen molar-refractivity contribution in [3.05, 3.63) is 18.2 Å². The molecule has 3 rings (SSSR count). The quantitative estimate of drug-likeness (QED) is 0.494. The second kappa shape index (κ2) is 3.98. The van der Waals surface area contributed by atoms with Gasteiger partial charge in [0.15, 0.2) is 0 Å². The van der Waals surface area contributed by atoms with Crippen molar-refractivity contribution in [2.24, 2.45) is 0 Å². The molecule has 0 radical (unpaired) electrons. The first-order chi connectivity index (χ1) is 9.04. The van der Waals surface area contributed by atoms with Crippen LogP contribution in [0.3, 0.4) is 0 Å². The Kier molecular flexibility index (Phi) is 2.41. The average Bonchev–Trinajstić information content (AvgIpc) is 2.76. The predicted octanol–water partition coefficient (Wildman–Crippen LogP) is -0.00360. The summed E-state index contributed by atoms with van der Waals surface area (Å²) in [6, 6.07) is 4.86. The third-order valence-corrected chi connectivity index (χ3v) is 3.19. The van der Waals surface area contributed by atoms with Gasteiger partial charge in [0.05, 0.1) is 11.0 Å². The summed E-state index contributed by atoms with van der Waals surface area (Å²) in [4.78, 5) is 32.2. The maximum atomic E-state index is 11.6. The smallest absolute Gasteiger partial charge is 0.249 e. The van der Waals surface area contributed by atoms with E-state index in [1.54, 1.807) is 30.0 Å². The average molecular weight is 259 g/mol. The monoisotopic (exact) mass is 259 g/mol. The Balaban J connectivity index is 2.03. The molecule has 4 N–H and O–H groups in total. The molecule has 1 saturated heterocycles. The number of carbonyl (C=O) groups is 2. The summed E-state index contributed by atoms with van der Waals surface area (Å²) >= 11 is 0. The first-order valence-corrected chi connectivity index (χ1v) is 5.90. The molecule has 2 heterocycles. The zero-order valence-corrected chi connectivity index (χ0v) is 10.3. The normalized spacial score (nSPS) is 19.8. The van der Waals surface area contributed by atoms with Crippen molar-refractivity contribution in [2.45, 2.75) is 13.0 Å². The van der Waals surface area contributed by atoms with Crippen LogP contribution in [0.25, 0.3) is 11.0 Å². The number of imidazole rings is 1. The van der Waals surface area contributed by atoms with Gasteiger partial charge in [-0.2, -0.15) is 0 Å². The molecule has 1 aliphatic rings. The van der Waals surface area contributed by atoms with E-state index in [2.05, 4.69) is 15.3 Å². The van der Waals surface area contributed by atoms with Crippen LogP contribution in [0.4, 0.5) is 11.6 Å². The van der Waals surface area contributed by atoms with Gasteiger partial charge in [0.1, 0.15) is 12.6 Å². The number of amides is 2. The van der Waals surface area contributed by atoms with Crippen LogP contribution in [-0.4, -0.2) is 34.4 Å². The molecule has 0 aliphatic carbocycles. The van der Waals surface area contributed by atoms with E-state index in [9.17, 15) is 9.59 Å². The Hall–Kier alpha value is -2.57. The molecule has 2 amide bonds. The number of nitrogen functional groups attached to an aromatic ring is 1. The number of imide groups is 1. The Morgan fingerprint density at radius 1 is 1.42 bits per heavy atom. The fourth-order valence-corrected chi connectivity index (χ4v) is 2.12. The molecule has 0 saturated carbocycles. The predicted molar refractivity (Wildman–Crippen MR) is 70.5 cm³/mol. The van der Waals surface area contributed by atoms with Crippen molar-refractivity contribution >= 4 is 34.5 Å². The number of aromatic nitrogens is 2. The fourth-order valence-electron chi connectivity index (χ4n) is 2.12. The number of nitrogens with zero attached hydrogens (tertiary/aromatic N) is 2. The first kappa shape index (κ1) is 11.5. The molecule has 2 aromatic rings. The third kappa shape index (κ3) is 1.88. The Bertz CT molecular complexity index is 678. The van der Waals surface area contributed by atoms with Gasteiger partial charge >= 0.3 is 0 Å². The van der Waals surface area contributed by atoms with Crippen LogP contribution in [0.1, 0.15) is 6.92 Å². The highest BCUT2D eigenvalue weighted by Crippen LogP contribution is 2.21. The minimum absolute atomic E-state index is 0.0994. The SMILES string of the molecule is CC1C(=O)NC(=O)CN1c1nc2ccc(N)cc2[nH]1. The molecule has 1 atom stereocenters. The number of piperazine rings is 1. The van der Waals surface area contributed by atoms with Crippen LogP contribution in [0.2, 0.25) is 0 Å². The van der Waals surface area contributed by atoms with Crippen molar-refractivity contribution in [1.29, 1.82) is 0 Å². The van der Waals surface area contributed by atoms with Crippen molar-refractivity contribution in [3.63, 3.8) is 0 Å². The molecule has 1 unspecified atom stereocenters. The number of nitrogens with one attached hydrogen (secondary N) is 2. The lowest BCUT2D eigenvalue weighted by Gasteiger charge is -2.31. The van der Waals surface area contributed by atoms with Crippen LogP contribution in [0, 0.1) is 0 Å². The topological polar surface area (TPSA) is 104 Å². The number of fused-ring (bicyclic) bond motifs is 1. The summed E-state index contributed by atoms with van der Waals surface area (Å²) in [6.45, 7) is 1.82. The van der Waals surface area contributed by atoms with Gasteiger partial charge in [-0.1, -0.05) is 0 Å². The van der Waals surface area contributed by atoms with Gasteiger partial charge in [-0.25, -0.2) is 4.98 Å². The molecular formula is C12H13N5O2. The van der Waals surface area contributed by atoms with E-state index in [0.29, 0.717) is 11.6 Å². The van der Waals surface area contributed by atoms with Gasteiger partial charge in [0, 0.05) is 5.69 Å². The van der Waals surface area contributed by atoms with Gasteiger partial charge in [-0.15, -0.1) is 0 Å². The summed E-state index contributed by atoms with van der Waals surface area (Å²) in [5.41, 5.74) is 7.85. The standard InChI is InChI=1S/C12H13N5O2/c1-6-11(19)16-10(18)5-17(6)12-14-8-3-2-7(13)4-9(8)15-12/h2-4,6H,5,13H2,1H3,(H,14,15)(H,16,18,19). The second-order valence-corrected chi connectivity index (χ2v) is 4.55. The highest BCUT2D eigenvalue weighted by Gasteiger charge is 2.31. The zero-order valence-electron chi connectivity index (χ0n) is 10.3. The fraction of sp³-hybridized carbons (Fsp3) is 0.250. The number of benzene rings is 1. The minimum atomic E-state index is -0.449. The molecule has 1 aromatic heterocycles. The van der Waals surface area contributed by atoms with Gasteiger partial charge < -0.3 is 15.6 Å². The summed E-state index contributed by atoms with van der Waals surface area (Å²) in [5.74, 6) is -0.157. The number of anilines is 2. The van der Waals surface area contributed by atoms with E-state index < -0.39 is 6.04 Å². The van der Waals surface area contributed by atoms with Crippen molar-refractivity contribution in [3.8, 4) is 0 Å². The molecule has 7 heteroatoms. The van der Waals surface area contributed by atoms with Crippen LogP contribution in [0.5, 0.6) is 0 Å². The van der Waals surface area contributed by atoms with Gasteiger partial charge in [-0.3, -0.25) is 14.9 Å². The maximum absolute atomic E-state index is 11.6. The molecule has 0 spiro atoms. The number of aromatic amines is 1. The molecular weight excluding hydrogens is 246 g/mol. The zero-order chi connectivity index (χ0) is 13.6. The summed E-state index contributed by atoms with van der Waals surface area (Å²) < 4.78 is 0. The molecule has 1 fully saturated rings. The van der Waals surface area contributed by atoms with Crippen molar-refractivity contribution in [2.75, 3.05) is 17.2 Å². The van der Waals surface area contributed by atoms with Crippen LogP contribution in [0.15, 0.2) is 18.2 Å². The van der Waals surface area contributed by atoms with E-state index in [4.69, 9.17) is 5.73 Å². The van der Waals surface area contributed by atoms with Gasteiger partial charge in [0.25, 0.3) is 0 Å². The van der Waals surface area contributed by atoms with Crippen LogP contribution >= 0.6 is 0 Å². The number of rotatable bonds is 1.